The fourth-order valence-corrected chi connectivity index (χ4v) is 4.16. The molecule has 0 aliphatic heterocycles. The van der Waals surface area contributed by atoms with E-state index in [1.165, 1.54) is 0 Å². The van der Waals surface area contributed by atoms with Crippen LogP contribution in [0.2, 0.25) is 10.0 Å². The van der Waals surface area contributed by atoms with Crippen LogP contribution in [0.25, 0.3) is 0 Å². The molecule has 2 aromatic rings. The van der Waals surface area contributed by atoms with Gasteiger partial charge in [0, 0.05) is 35.0 Å². The van der Waals surface area contributed by atoms with Crippen molar-refractivity contribution in [2.45, 2.75) is 43.7 Å². The smallest absolute Gasteiger partial charge is 0.242 e. The van der Waals surface area contributed by atoms with Gasteiger partial charge in [-0.1, -0.05) is 48.3 Å². The zero-order valence-corrected chi connectivity index (χ0v) is 19.0. The van der Waals surface area contributed by atoms with Gasteiger partial charge < -0.3 is 10.2 Å². The van der Waals surface area contributed by atoms with Crippen LogP contribution in [0.4, 0.5) is 0 Å². The first-order chi connectivity index (χ1) is 14.0. The fraction of sp³-hybridized carbons (Fsp3) is 0.364. The van der Waals surface area contributed by atoms with E-state index in [4.69, 9.17) is 23.2 Å². The Labute approximate surface area is 187 Å². The topological polar surface area (TPSA) is 49.4 Å². The van der Waals surface area contributed by atoms with E-state index >= 15 is 0 Å². The molecule has 0 unspecified atom stereocenters. The monoisotopic (exact) mass is 452 g/mol. The van der Waals surface area contributed by atoms with E-state index in [-0.39, 0.29) is 11.8 Å². The summed E-state index contributed by atoms with van der Waals surface area (Å²) in [6.45, 7) is 2.22. The normalized spacial score (nSPS) is 11.7. The van der Waals surface area contributed by atoms with E-state index in [2.05, 4.69) is 5.32 Å². The van der Waals surface area contributed by atoms with E-state index in [1.807, 2.05) is 49.4 Å². The number of amides is 2. The molecule has 0 aromatic heterocycles. The van der Waals surface area contributed by atoms with Crippen molar-refractivity contribution in [2.24, 2.45) is 0 Å². The lowest BCUT2D eigenvalue weighted by atomic mass is 10.1. The van der Waals surface area contributed by atoms with Crippen LogP contribution in [0, 0.1) is 0 Å². The summed E-state index contributed by atoms with van der Waals surface area (Å²) in [5.74, 6) is 0.602. The zero-order valence-electron chi connectivity index (χ0n) is 16.7. The minimum absolute atomic E-state index is 0.0444. The average molecular weight is 453 g/mol. The molecule has 0 aliphatic carbocycles. The van der Waals surface area contributed by atoms with Gasteiger partial charge in [-0.3, -0.25) is 9.59 Å². The van der Waals surface area contributed by atoms with E-state index < -0.39 is 6.04 Å². The minimum atomic E-state index is -0.521. The lowest BCUT2D eigenvalue weighted by Gasteiger charge is -2.30. The van der Waals surface area contributed by atoms with Gasteiger partial charge in [0.05, 0.1) is 0 Å². The Morgan fingerprint density at radius 2 is 1.79 bits per heavy atom. The summed E-state index contributed by atoms with van der Waals surface area (Å²) < 4.78 is 0. The Kier molecular flexibility index (Phi) is 9.85. The van der Waals surface area contributed by atoms with Crippen LogP contribution in [0.3, 0.4) is 0 Å². The molecule has 1 atom stereocenters. The quantitative estimate of drug-likeness (QED) is 0.386. The summed E-state index contributed by atoms with van der Waals surface area (Å²) in [6.07, 6.45) is 1.63. The zero-order chi connectivity index (χ0) is 21.2. The number of benzene rings is 2. The molecule has 0 radical (unpaired) electrons. The molecule has 2 aromatic carbocycles. The lowest BCUT2D eigenvalue weighted by Crippen LogP contribution is -2.48. The number of hydrogen-bond acceptors (Lipinski definition) is 3. The number of halogens is 2. The second-order valence-corrected chi connectivity index (χ2v) is 8.57. The van der Waals surface area contributed by atoms with Crippen LogP contribution in [-0.4, -0.2) is 35.6 Å². The standard InChI is InChI=1S/C22H26Cl2N2O2S/c1-3-20(22(28)25-2)26(15-16-7-4-5-8-19(16)24)21(27)9-6-14-29-18-12-10-17(23)11-13-18/h4-5,7-8,10-13,20H,3,6,9,14-15H2,1-2H3,(H,25,28)/t20-/m0/s1. The minimum Gasteiger partial charge on any atom is -0.357 e. The number of nitrogens with zero attached hydrogens (tertiary/aromatic N) is 1. The number of nitrogens with one attached hydrogen (secondary N) is 1. The summed E-state index contributed by atoms with van der Waals surface area (Å²) in [7, 11) is 1.59. The molecular formula is C22H26Cl2N2O2S. The van der Waals surface area contributed by atoms with Gasteiger partial charge in [0.15, 0.2) is 0 Å². The molecule has 4 nitrogen and oxygen atoms in total. The third-order valence-corrected chi connectivity index (χ3v) is 6.27. The number of likely N-dealkylation sites (N-methyl/N-ethyl adjacent to an activating group) is 1. The SMILES string of the molecule is CC[C@@H](C(=O)NC)N(Cc1ccccc1Cl)C(=O)CCCSc1ccc(Cl)cc1. The highest BCUT2D eigenvalue weighted by Crippen LogP contribution is 2.23. The molecule has 0 fully saturated rings. The third-order valence-electron chi connectivity index (χ3n) is 4.55. The van der Waals surface area contributed by atoms with E-state index in [0.717, 1.165) is 22.6 Å². The van der Waals surface area contributed by atoms with E-state index in [9.17, 15) is 9.59 Å². The van der Waals surface area contributed by atoms with Crippen LogP contribution in [-0.2, 0) is 16.1 Å². The van der Waals surface area contributed by atoms with Crippen molar-refractivity contribution in [1.82, 2.24) is 10.2 Å². The van der Waals surface area contributed by atoms with Gasteiger partial charge in [0.25, 0.3) is 0 Å². The van der Waals surface area contributed by atoms with Gasteiger partial charge in [-0.15, -0.1) is 11.8 Å². The van der Waals surface area contributed by atoms with Crippen LogP contribution >= 0.6 is 35.0 Å². The summed E-state index contributed by atoms with van der Waals surface area (Å²) in [6, 6.07) is 14.5. The van der Waals surface area contributed by atoms with E-state index in [1.54, 1.807) is 29.8 Å². The molecule has 29 heavy (non-hydrogen) atoms. The van der Waals surface area contributed by atoms with Crippen LogP contribution in [0.15, 0.2) is 53.4 Å². The van der Waals surface area contributed by atoms with Crippen molar-refractivity contribution in [3.63, 3.8) is 0 Å². The Morgan fingerprint density at radius 3 is 2.41 bits per heavy atom. The first-order valence-electron chi connectivity index (χ1n) is 9.59. The number of hydrogen-bond donors (Lipinski definition) is 1. The maximum absolute atomic E-state index is 13.0. The molecule has 0 heterocycles. The van der Waals surface area contributed by atoms with Crippen molar-refractivity contribution >= 4 is 46.8 Å². The van der Waals surface area contributed by atoms with Gasteiger partial charge in [-0.05, 0) is 54.5 Å². The maximum atomic E-state index is 13.0. The molecule has 0 saturated carbocycles. The first-order valence-corrected chi connectivity index (χ1v) is 11.3. The summed E-state index contributed by atoms with van der Waals surface area (Å²) >= 11 is 13.9. The molecule has 156 valence electrons. The summed E-state index contributed by atoms with van der Waals surface area (Å²) in [5, 5.41) is 3.97. The molecule has 7 heteroatoms. The Hall–Kier alpha value is -1.69. The van der Waals surface area contributed by atoms with Crippen molar-refractivity contribution in [3.8, 4) is 0 Å². The molecule has 1 N–H and O–H groups in total. The van der Waals surface area contributed by atoms with Crippen LogP contribution in [0.5, 0.6) is 0 Å². The Morgan fingerprint density at radius 1 is 1.10 bits per heavy atom. The van der Waals surface area contributed by atoms with Crippen molar-refractivity contribution in [1.29, 1.82) is 0 Å². The summed E-state index contributed by atoms with van der Waals surface area (Å²) in [4.78, 5) is 28.1. The number of carbonyl (C=O) groups is 2. The second-order valence-electron chi connectivity index (χ2n) is 6.56. The molecule has 0 bridgehead atoms. The number of carbonyl (C=O) groups excluding carboxylic acids is 2. The number of rotatable bonds is 10. The largest absolute Gasteiger partial charge is 0.357 e. The highest BCUT2D eigenvalue weighted by Gasteiger charge is 2.28. The highest BCUT2D eigenvalue weighted by molar-refractivity contribution is 7.99. The van der Waals surface area contributed by atoms with Gasteiger partial charge >= 0.3 is 0 Å². The van der Waals surface area contributed by atoms with Gasteiger partial charge in [0.1, 0.15) is 6.04 Å². The molecule has 0 spiro atoms. The predicted octanol–water partition coefficient (Wildman–Crippen LogP) is 5.42. The summed E-state index contributed by atoms with van der Waals surface area (Å²) in [5.41, 5.74) is 0.834. The lowest BCUT2D eigenvalue weighted by molar-refractivity contribution is -0.141. The van der Waals surface area contributed by atoms with Gasteiger partial charge in [0.2, 0.25) is 11.8 Å². The highest BCUT2D eigenvalue weighted by atomic mass is 35.5. The first kappa shape index (κ1) is 23.6. The second kappa shape index (κ2) is 12.1. The average Bonchev–Trinajstić information content (AvgIpc) is 2.73. The molecule has 0 saturated heterocycles. The van der Waals surface area contributed by atoms with Gasteiger partial charge in [-0.25, -0.2) is 0 Å². The Balaban J connectivity index is 2.02. The van der Waals surface area contributed by atoms with E-state index in [0.29, 0.717) is 29.4 Å². The number of thioether (sulfide) groups is 1. The van der Waals surface area contributed by atoms with Crippen LogP contribution in [0.1, 0.15) is 31.7 Å². The van der Waals surface area contributed by atoms with Crippen molar-refractivity contribution in [2.75, 3.05) is 12.8 Å². The predicted molar refractivity (Wildman–Crippen MR) is 122 cm³/mol. The fourth-order valence-electron chi connectivity index (χ4n) is 2.98. The maximum Gasteiger partial charge on any atom is 0.242 e. The molecule has 2 rings (SSSR count). The van der Waals surface area contributed by atoms with Crippen LogP contribution < -0.4 is 5.32 Å². The Bertz CT molecular complexity index is 815. The third kappa shape index (κ3) is 7.25. The molecular weight excluding hydrogens is 427 g/mol. The van der Waals surface area contributed by atoms with Gasteiger partial charge in [-0.2, -0.15) is 0 Å². The molecule has 2 amide bonds. The van der Waals surface area contributed by atoms with Crippen molar-refractivity contribution in [3.05, 3.63) is 64.1 Å². The van der Waals surface area contributed by atoms with Crippen molar-refractivity contribution < 1.29 is 9.59 Å². The molecule has 0 aliphatic rings.